The quantitative estimate of drug-likeness (QED) is 0.846. The molecule has 3 N–H and O–H groups in total. The molecular weight excluding hydrogens is 248 g/mol. The molecule has 0 amide bonds. The van der Waals surface area contributed by atoms with Crippen LogP contribution in [0.5, 0.6) is 0 Å². The van der Waals surface area contributed by atoms with Crippen LogP contribution in [0.4, 0.5) is 11.5 Å². The van der Waals surface area contributed by atoms with E-state index in [4.69, 9.17) is 5.73 Å². The smallest absolute Gasteiger partial charge is 0.133 e. The molecule has 0 saturated heterocycles. The van der Waals surface area contributed by atoms with Gasteiger partial charge in [-0.05, 0) is 43.0 Å². The van der Waals surface area contributed by atoms with Gasteiger partial charge in [-0.25, -0.2) is 9.97 Å². The van der Waals surface area contributed by atoms with E-state index >= 15 is 0 Å². The van der Waals surface area contributed by atoms with Gasteiger partial charge < -0.3 is 11.1 Å². The Balaban J connectivity index is 2.11. The van der Waals surface area contributed by atoms with Crippen molar-refractivity contribution in [2.24, 2.45) is 5.73 Å². The lowest BCUT2D eigenvalue weighted by Gasteiger charge is -2.10. The predicted octanol–water partition coefficient (Wildman–Crippen LogP) is 3.23. The third-order valence-corrected chi connectivity index (χ3v) is 3.15. The fourth-order valence-electron chi connectivity index (χ4n) is 2.02. The van der Waals surface area contributed by atoms with Crippen LogP contribution in [0.25, 0.3) is 0 Å². The van der Waals surface area contributed by atoms with Crippen molar-refractivity contribution in [1.29, 1.82) is 0 Å². The Morgan fingerprint density at radius 3 is 2.80 bits per heavy atom. The average molecular weight is 270 g/mol. The number of rotatable bonds is 6. The number of benzene rings is 1. The topological polar surface area (TPSA) is 63.8 Å². The highest BCUT2D eigenvalue weighted by Gasteiger charge is 2.03. The molecule has 4 heteroatoms. The number of aryl methyl sites for hydroxylation is 1. The van der Waals surface area contributed by atoms with Crippen molar-refractivity contribution in [3.05, 3.63) is 47.9 Å². The van der Waals surface area contributed by atoms with Crippen molar-refractivity contribution in [2.45, 2.75) is 32.6 Å². The zero-order chi connectivity index (χ0) is 14.4. The van der Waals surface area contributed by atoms with Crippen LogP contribution >= 0.6 is 0 Å². The van der Waals surface area contributed by atoms with Gasteiger partial charge in [0.1, 0.15) is 12.1 Å². The van der Waals surface area contributed by atoms with E-state index in [1.165, 1.54) is 5.56 Å². The van der Waals surface area contributed by atoms with Crippen molar-refractivity contribution >= 4 is 11.5 Å². The number of nitrogens with two attached hydrogens (primary N) is 1. The van der Waals surface area contributed by atoms with Crippen LogP contribution in [0.3, 0.4) is 0 Å². The Kier molecular flexibility index (Phi) is 5.07. The van der Waals surface area contributed by atoms with Crippen LogP contribution in [-0.2, 0) is 6.42 Å². The van der Waals surface area contributed by atoms with Crippen molar-refractivity contribution in [3.8, 4) is 0 Å². The fraction of sp³-hybridized carbons (Fsp3) is 0.375. The van der Waals surface area contributed by atoms with Crippen LogP contribution in [0, 0.1) is 0 Å². The van der Waals surface area contributed by atoms with E-state index in [0.717, 1.165) is 36.6 Å². The summed E-state index contributed by atoms with van der Waals surface area (Å²) in [6, 6.07) is 10.4. The van der Waals surface area contributed by atoms with Gasteiger partial charge in [-0.1, -0.05) is 26.0 Å². The van der Waals surface area contributed by atoms with Gasteiger partial charge in [0.2, 0.25) is 0 Å². The minimum Gasteiger partial charge on any atom is -0.340 e. The first-order valence-electron chi connectivity index (χ1n) is 7.07. The molecule has 0 spiro atoms. The maximum Gasteiger partial charge on any atom is 0.133 e. The Morgan fingerprint density at radius 2 is 2.05 bits per heavy atom. The van der Waals surface area contributed by atoms with E-state index in [0.29, 0.717) is 5.92 Å². The Hall–Kier alpha value is -1.94. The summed E-state index contributed by atoms with van der Waals surface area (Å²) in [7, 11) is 0. The number of nitrogens with zero attached hydrogens (tertiary/aromatic N) is 2. The van der Waals surface area contributed by atoms with Gasteiger partial charge in [0, 0.05) is 17.4 Å². The van der Waals surface area contributed by atoms with Crippen LogP contribution in [0.2, 0.25) is 0 Å². The maximum atomic E-state index is 5.55. The predicted molar refractivity (Wildman–Crippen MR) is 83.2 cm³/mol. The number of hydrogen-bond donors (Lipinski definition) is 2. The lowest BCUT2D eigenvalue weighted by molar-refractivity contribution is 0.815. The average Bonchev–Trinajstić information content (AvgIpc) is 2.46. The van der Waals surface area contributed by atoms with Crippen molar-refractivity contribution in [2.75, 3.05) is 11.9 Å². The van der Waals surface area contributed by atoms with Gasteiger partial charge in [0.15, 0.2) is 0 Å². The van der Waals surface area contributed by atoms with Gasteiger partial charge in [0.05, 0.1) is 0 Å². The van der Waals surface area contributed by atoms with E-state index in [9.17, 15) is 0 Å². The highest BCUT2D eigenvalue weighted by atomic mass is 15.0. The number of anilines is 2. The van der Waals surface area contributed by atoms with Gasteiger partial charge in [-0.2, -0.15) is 0 Å². The fourth-order valence-corrected chi connectivity index (χ4v) is 2.02. The van der Waals surface area contributed by atoms with Crippen LogP contribution in [-0.4, -0.2) is 16.5 Å². The molecule has 2 rings (SSSR count). The summed E-state index contributed by atoms with van der Waals surface area (Å²) in [5, 5.41) is 3.33. The summed E-state index contributed by atoms with van der Waals surface area (Å²) in [6.07, 6.45) is 3.62. The van der Waals surface area contributed by atoms with Crippen LogP contribution in [0.15, 0.2) is 36.7 Å². The first-order chi connectivity index (χ1) is 9.69. The van der Waals surface area contributed by atoms with E-state index in [1.807, 2.05) is 12.1 Å². The third kappa shape index (κ3) is 4.03. The van der Waals surface area contributed by atoms with E-state index in [1.54, 1.807) is 6.33 Å². The standard InChI is InChI=1S/C16H22N4/c1-12(2)15-10-16(19-11-18-15)20-14-7-3-5-13(9-14)6-4-8-17/h3,5,7,9-12H,4,6,8,17H2,1-2H3,(H,18,19,20). The Labute approximate surface area is 120 Å². The third-order valence-electron chi connectivity index (χ3n) is 3.15. The van der Waals surface area contributed by atoms with Crippen molar-refractivity contribution in [3.63, 3.8) is 0 Å². The molecule has 0 fully saturated rings. The summed E-state index contributed by atoms with van der Waals surface area (Å²) in [5.74, 6) is 1.23. The zero-order valence-corrected chi connectivity index (χ0v) is 12.1. The maximum absolute atomic E-state index is 5.55. The zero-order valence-electron chi connectivity index (χ0n) is 12.1. The Bertz CT molecular complexity index is 552. The molecule has 1 aromatic heterocycles. The lowest BCUT2D eigenvalue weighted by Crippen LogP contribution is -2.01. The second-order valence-corrected chi connectivity index (χ2v) is 5.20. The molecule has 0 radical (unpaired) electrons. The van der Waals surface area contributed by atoms with Crippen molar-refractivity contribution in [1.82, 2.24) is 9.97 Å². The molecule has 0 saturated carbocycles. The first-order valence-corrected chi connectivity index (χ1v) is 7.07. The lowest BCUT2D eigenvalue weighted by atomic mass is 10.1. The summed E-state index contributed by atoms with van der Waals surface area (Å²) >= 11 is 0. The minimum absolute atomic E-state index is 0.398. The number of nitrogens with one attached hydrogen (secondary N) is 1. The van der Waals surface area contributed by atoms with Gasteiger partial charge in [-0.3, -0.25) is 0 Å². The second kappa shape index (κ2) is 7.01. The summed E-state index contributed by atoms with van der Waals surface area (Å²) in [4.78, 5) is 8.54. The van der Waals surface area contributed by atoms with E-state index < -0.39 is 0 Å². The molecule has 4 nitrogen and oxygen atoms in total. The summed E-state index contributed by atoms with van der Waals surface area (Å²) in [6.45, 7) is 4.97. The Morgan fingerprint density at radius 1 is 1.20 bits per heavy atom. The normalized spacial score (nSPS) is 10.8. The minimum atomic E-state index is 0.398. The highest BCUT2D eigenvalue weighted by molar-refractivity contribution is 5.57. The largest absolute Gasteiger partial charge is 0.340 e. The van der Waals surface area contributed by atoms with Crippen LogP contribution in [0.1, 0.15) is 37.4 Å². The molecule has 0 aliphatic rings. The van der Waals surface area contributed by atoms with Gasteiger partial charge in [-0.15, -0.1) is 0 Å². The van der Waals surface area contributed by atoms with Crippen LogP contribution < -0.4 is 11.1 Å². The van der Waals surface area contributed by atoms with Gasteiger partial charge in [0.25, 0.3) is 0 Å². The SMILES string of the molecule is CC(C)c1cc(Nc2cccc(CCCN)c2)ncn1. The molecule has 0 unspecified atom stereocenters. The molecular formula is C16H22N4. The van der Waals surface area contributed by atoms with Crippen molar-refractivity contribution < 1.29 is 0 Å². The second-order valence-electron chi connectivity index (χ2n) is 5.20. The molecule has 2 aromatic rings. The molecule has 20 heavy (non-hydrogen) atoms. The van der Waals surface area contributed by atoms with E-state index in [2.05, 4.69) is 47.3 Å². The number of aromatic nitrogens is 2. The molecule has 0 aliphatic carbocycles. The van der Waals surface area contributed by atoms with E-state index in [-0.39, 0.29) is 0 Å². The molecule has 0 aliphatic heterocycles. The molecule has 1 heterocycles. The molecule has 0 atom stereocenters. The molecule has 0 bridgehead atoms. The van der Waals surface area contributed by atoms with Gasteiger partial charge >= 0.3 is 0 Å². The molecule has 1 aromatic carbocycles. The molecule has 106 valence electrons. The summed E-state index contributed by atoms with van der Waals surface area (Å²) < 4.78 is 0. The summed E-state index contributed by atoms with van der Waals surface area (Å²) in [5.41, 5.74) is 8.93. The number of hydrogen-bond acceptors (Lipinski definition) is 4. The highest BCUT2D eigenvalue weighted by Crippen LogP contribution is 2.19. The first kappa shape index (κ1) is 14.5. The monoisotopic (exact) mass is 270 g/mol.